The number of anilines is 1. The van der Waals surface area contributed by atoms with Gasteiger partial charge < -0.3 is 5.32 Å². The normalized spacial score (nSPS) is 11.0. The predicted octanol–water partition coefficient (Wildman–Crippen LogP) is 3.24. The zero-order valence-electron chi connectivity index (χ0n) is 14.6. The number of hydrogen-bond donors (Lipinski definition) is 1. The van der Waals surface area contributed by atoms with Crippen LogP contribution in [0.4, 0.5) is 14.5 Å². The van der Waals surface area contributed by atoms with Crippen molar-refractivity contribution in [2.75, 3.05) is 5.32 Å². The average molecular weight is 460 g/mol. The molecule has 7 nitrogen and oxygen atoms in total. The first-order chi connectivity index (χ1) is 13.9. The summed E-state index contributed by atoms with van der Waals surface area (Å²) < 4.78 is 29.7. The van der Waals surface area contributed by atoms with E-state index in [4.69, 9.17) is 0 Å². The van der Waals surface area contributed by atoms with Crippen LogP contribution in [0.1, 0.15) is 0 Å². The van der Waals surface area contributed by atoms with Crippen molar-refractivity contribution in [1.29, 1.82) is 0 Å². The van der Waals surface area contributed by atoms with Gasteiger partial charge in [-0.05, 0) is 30.3 Å². The third-order valence-electron chi connectivity index (χ3n) is 4.07. The largest absolute Gasteiger partial charge is 0.324 e. The maximum Gasteiger partial charge on any atom is 0.293 e. The summed E-state index contributed by atoms with van der Waals surface area (Å²) in [6.07, 6.45) is 1.31. The molecule has 29 heavy (non-hydrogen) atoms. The Morgan fingerprint density at radius 2 is 1.76 bits per heavy atom. The lowest BCUT2D eigenvalue weighted by molar-refractivity contribution is -0.117. The molecule has 2 heterocycles. The van der Waals surface area contributed by atoms with Crippen molar-refractivity contribution in [2.45, 2.75) is 6.54 Å². The Hall–Kier alpha value is -3.40. The Kier molecular flexibility index (Phi) is 4.93. The summed E-state index contributed by atoms with van der Waals surface area (Å²) in [5, 5.41) is 10.6. The topological polar surface area (TPSA) is 81.3 Å². The number of hydrogen-bond acceptors (Lipinski definition) is 4. The molecule has 0 aliphatic carbocycles. The minimum atomic E-state index is -0.822. The van der Waals surface area contributed by atoms with E-state index in [9.17, 15) is 18.4 Å². The highest BCUT2D eigenvalue weighted by molar-refractivity contribution is 9.10. The molecule has 146 valence electrons. The molecule has 0 aliphatic rings. The molecule has 4 rings (SSSR count). The number of rotatable bonds is 4. The third kappa shape index (κ3) is 4.06. The molecule has 0 unspecified atom stereocenters. The molecular formula is C19H12BrF2N5O2. The van der Waals surface area contributed by atoms with Crippen molar-refractivity contribution in [2.24, 2.45) is 0 Å². The van der Waals surface area contributed by atoms with Crippen LogP contribution in [0.3, 0.4) is 0 Å². The Morgan fingerprint density at radius 1 is 1.07 bits per heavy atom. The third-order valence-corrected chi connectivity index (χ3v) is 4.60. The number of nitrogens with zero attached hydrogens (tertiary/aromatic N) is 4. The van der Waals surface area contributed by atoms with Gasteiger partial charge in [0.2, 0.25) is 5.91 Å². The van der Waals surface area contributed by atoms with E-state index in [1.807, 2.05) is 24.3 Å². The molecule has 0 saturated heterocycles. The Morgan fingerprint density at radius 3 is 2.45 bits per heavy atom. The number of halogens is 3. The monoisotopic (exact) mass is 459 g/mol. The van der Waals surface area contributed by atoms with Crippen LogP contribution < -0.4 is 10.9 Å². The van der Waals surface area contributed by atoms with Crippen LogP contribution in [0.25, 0.3) is 16.8 Å². The van der Waals surface area contributed by atoms with E-state index in [-0.39, 0.29) is 11.2 Å². The van der Waals surface area contributed by atoms with Gasteiger partial charge in [-0.1, -0.05) is 28.1 Å². The molecule has 1 amide bonds. The van der Waals surface area contributed by atoms with E-state index in [1.165, 1.54) is 10.8 Å². The lowest BCUT2D eigenvalue weighted by Gasteiger charge is -2.07. The molecule has 0 aliphatic heterocycles. The van der Waals surface area contributed by atoms with Gasteiger partial charge in [-0.2, -0.15) is 10.2 Å². The fourth-order valence-electron chi connectivity index (χ4n) is 2.77. The van der Waals surface area contributed by atoms with Gasteiger partial charge in [0.15, 0.2) is 0 Å². The molecule has 4 aromatic rings. The van der Waals surface area contributed by atoms with Gasteiger partial charge in [0.05, 0.1) is 5.69 Å². The highest BCUT2D eigenvalue weighted by Crippen LogP contribution is 2.21. The highest BCUT2D eigenvalue weighted by Gasteiger charge is 2.13. The smallest absolute Gasteiger partial charge is 0.293 e. The van der Waals surface area contributed by atoms with Crippen LogP contribution in [0.2, 0.25) is 0 Å². The molecular weight excluding hydrogens is 448 g/mol. The highest BCUT2D eigenvalue weighted by atomic mass is 79.9. The van der Waals surface area contributed by atoms with Crippen molar-refractivity contribution in [3.63, 3.8) is 0 Å². The van der Waals surface area contributed by atoms with Crippen molar-refractivity contribution < 1.29 is 13.6 Å². The number of aromatic nitrogens is 4. The van der Waals surface area contributed by atoms with Gasteiger partial charge in [-0.3, -0.25) is 9.59 Å². The van der Waals surface area contributed by atoms with Crippen molar-refractivity contribution in [3.8, 4) is 11.3 Å². The summed E-state index contributed by atoms with van der Waals surface area (Å²) in [5.41, 5.74) is 1.05. The van der Waals surface area contributed by atoms with Crippen LogP contribution in [-0.2, 0) is 11.3 Å². The Labute approximate surface area is 170 Å². The number of fused-ring (bicyclic) bond motifs is 1. The average Bonchev–Trinajstić information content (AvgIpc) is 3.09. The molecule has 2 aromatic heterocycles. The number of carbonyl (C=O) groups excluding carboxylic acids is 1. The van der Waals surface area contributed by atoms with E-state index in [0.717, 1.165) is 26.9 Å². The van der Waals surface area contributed by atoms with Gasteiger partial charge in [-0.15, -0.1) is 0 Å². The van der Waals surface area contributed by atoms with Gasteiger partial charge >= 0.3 is 0 Å². The summed E-state index contributed by atoms with van der Waals surface area (Å²) in [6.45, 7) is -0.424. The van der Waals surface area contributed by atoms with Gasteiger partial charge in [0.1, 0.15) is 30.0 Å². The van der Waals surface area contributed by atoms with Crippen molar-refractivity contribution in [1.82, 2.24) is 19.4 Å². The second kappa shape index (κ2) is 7.55. The summed E-state index contributed by atoms with van der Waals surface area (Å²) >= 11 is 3.36. The van der Waals surface area contributed by atoms with Gasteiger partial charge in [-0.25, -0.2) is 18.0 Å². The molecule has 2 aromatic carbocycles. The van der Waals surface area contributed by atoms with Gasteiger partial charge in [0, 0.05) is 21.8 Å². The van der Waals surface area contributed by atoms with E-state index >= 15 is 0 Å². The summed E-state index contributed by atoms with van der Waals surface area (Å²) in [5.74, 6) is -2.30. The van der Waals surface area contributed by atoms with E-state index < -0.39 is 29.6 Å². The zero-order valence-corrected chi connectivity index (χ0v) is 16.2. The second-order valence-electron chi connectivity index (χ2n) is 6.17. The first-order valence-electron chi connectivity index (χ1n) is 8.36. The SMILES string of the molecule is O=C(Cn1ncn2nc(-c3ccc(Br)cc3)cc2c1=O)Nc1cc(F)cc(F)c1. The number of amides is 1. The molecule has 10 heteroatoms. The number of nitrogens with one attached hydrogen (secondary N) is 1. The zero-order chi connectivity index (χ0) is 20.5. The lowest BCUT2D eigenvalue weighted by Crippen LogP contribution is -2.30. The summed E-state index contributed by atoms with van der Waals surface area (Å²) in [6, 6.07) is 11.7. The Bertz CT molecular complexity index is 1260. The maximum atomic E-state index is 13.2. The maximum absolute atomic E-state index is 13.2. The number of benzene rings is 2. The van der Waals surface area contributed by atoms with E-state index in [2.05, 4.69) is 31.4 Å². The Balaban J connectivity index is 1.59. The fourth-order valence-corrected chi connectivity index (χ4v) is 3.04. The van der Waals surface area contributed by atoms with Crippen LogP contribution in [0, 0.1) is 11.6 Å². The molecule has 0 atom stereocenters. The molecule has 0 bridgehead atoms. The summed E-state index contributed by atoms with van der Waals surface area (Å²) in [4.78, 5) is 24.8. The molecule has 0 fully saturated rings. The van der Waals surface area contributed by atoms with E-state index in [0.29, 0.717) is 11.8 Å². The van der Waals surface area contributed by atoms with Crippen LogP contribution >= 0.6 is 15.9 Å². The lowest BCUT2D eigenvalue weighted by atomic mass is 10.1. The predicted molar refractivity (Wildman–Crippen MR) is 105 cm³/mol. The van der Waals surface area contributed by atoms with Crippen LogP contribution in [0.15, 0.2) is 64.1 Å². The first-order valence-corrected chi connectivity index (χ1v) is 9.16. The van der Waals surface area contributed by atoms with Crippen molar-refractivity contribution in [3.05, 3.63) is 81.3 Å². The van der Waals surface area contributed by atoms with Crippen molar-refractivity contribution >= 4 is 33.0 Å². The fraction of sp³-hybridized carbons (Fsp3) is 0.0526. The van der Waals surface area contributed by atoms with Crippen LogP contribution in [-0.4, -0.2) is 25.3 Å². The minimum absolute atomic E-state index is 0.0523. The standard InChI is InChI=1S/C19H12BrF2N5O2/c20-12-3-1-11(2-4-12)16-8-17-19(29)26(23-10-27(17)25-16)9-18(28)24-15-6-13(21)5-14(22)7-15/h1-8,10H,9H2,(H,24,28). The molecule has 0 saturated carbocycles. The molecule has 1 N–H and O–H groups in total. The summed E-state index contributed by atoms with van der Waals surface area (Å²) in [7, 11) is 0. The molecule has 0 spiro atoms. The van der Waals surface area contributed by atoms with E-state index in [1.54, 1.807) is 6.07 Å². The molecule has 0 radical (unpaired) electrons. The quantitative estimate of drug-likeness (QED) is 0.507. The second-order valence-corrected chi connectivity index (χ2v) is 7.08. The number of carbonyl (C=O) groups is 1. The van der Waals surface area contributed by atoms with Crippen LogP contribution in [0.5, 0.6) is 0 Å². The minimum Gasteiger partial charge on any atom is -0.324 e. The first kappa shape index (κ1) is 18.9. The van der Waals surface area contributed by atoms with Gasteiger partial charge in [0.25, 0.3) is 5.56 Å².